The average Bonchev–Trinajstić information content (AvgIpc) is 2.46. The zero-order valence-corrected chi connectivity index (χ0v) is 13.8. The van der Waals surface area contributed by atoms with Crippen LogP contribution in [0.1, 0.15) is 45.2 Å². The van der Waals surface area contributed by atoms with Crippen molar-refractivity contribution in [3.8, 4) is 5.75 Å². The van der Waals surface area contributed by atoms with Crippen molar-refractivity contribution in [1.82, 2.24) is 10.6 Å². The van der Waals surface area contributed by atoms with Gasteiger partial charge in [0.2, 0.25) is 0 Å². The lowest BCUT2D eigenvalue weighted by molar-refractivity contribution is -0.123. The number of rotatable bonds is 9. The summed E-state index contributed by atoms with van der Waals surface area (Å²) in [6.45, 7) is 7.75. The Morgan fingerprint density at radius 1 is 1.38 bits per heavy atom. The molecule has 0 saturated carbocycles. The molecule has 0 radical (unpaired) electrons. The lowest BCUT2D eigenvalue weighted by atomic mass is 10.1. The molecule has 118 valence electrons. The predicted octanol–water partition coefficient (Wildman–Crippen LogP) is 3.31. The first-order chi connectivity index (χ1) is 10.1. The quantitative estimate of drug-likeness (QED) is 0.688. The minimum absolute atomic E-state index is 0.0250. The lowest BCUT2D eigenvalue weighted by Crippen LogP contribution is -2.30. The Labute approximate surface area is 132 Å². The van der Waals surface area contributed by atoms with E-state index in [0.717, 1.165) is 24.9 Å². The SMILES string of the molecule is CCCCNC(=O)COc1ccc(Cl)cc1C(C)NCC. The molecule has 1 unspecified atom stereocenters. The Hall–Kier alpha value is -1.26. The van der Waals surface area contributed by atoms with Gasteiger partial charge in [-0.2, -0.15) is 0 Å². The molecule has 1 rings (SSSR count). The van der Waals surface area contributed by atoms with E-state index in [1.165, 1.54) is 0 Å². The number of amides is 1. The van der Waals surface area contributed by atoms with Crippen molar-refractivity contribution in [3.63, 3.8) is 0 Å². The molecule has 21 heavy (non-hydrogen) atoms. The number of carbonyl (C=O) groups excluding carboxylic acids is 1. The molecule has 1 aromatic rings. The van der Waals surface area contributed by atoms with Gasteiger partial charge in [-0.05, 0) is 38.1 Å². The predicted molar refractivity (Wildman–Crippen MR) is 87.0 cm³/mol. The molecule has 1 aromatic carbocycles. The standard InChI is InChI=1S/C16H25ClN2O2/c1-4-6-9-19-16(20)11-21-15-8-7-13(17)10-14(15)12(3)18-5-2/h7-8,10,12,18H,4-6,9,11H2,1-3H3,(H,19,20). The Kier molecular flexibility index (Phi) is 8.16. The van der Waals surface area contributed by atoms with Crippen molar-refractivity contribution < 1.29 is 9.53 Å². The molecule has 0 bridgehead atoms. The van der Waals surface area contributed by atoms with Gasteiger partial charge in [0.25, 0.3) is 5.91 Å². The average molecular weight is 313 g/mol. The van der Waals surface area contributed by atoms with Crippen LogP contribution in [-0.2, 0) is 4.79 Å². The maximum Gasteiger partial charge on any atom is 0.257 e. The smallest absolute Gasteiger partial charge is 0.257 e. The Morgan fingerprint density at radius 3 is 2.81 bits per heavy atom. The minimum Gasteiger partial charge on any atom is -0.483 e. The van der Waals surface area contributed by atoms with Gasteiger partial charge in [-0.25, -0.2) is 0 Å². The van der Waals surface area contributed by atoms with Crippen molar-refractivity contribution in [2.45, 2.75) is 39.7 Å². The molecule has 0 aliphatic carbocycles. The molecule has 4 nitrogen and oxygen atoms in total. The second kappa shape index (κ2) is 9.64. The number of nitrogens with one attached hydrogen (secondary N) is 2. The van der Waals surface area contributed by atoms with Crippen LogP contribution in [0.25, 0.3) is 0 Å². The zero-order chi connectivity index (χ0) is 15.7. The Balaban J connectivity index is 2.63. The van der Waals surface area contributed by atoms with Gasteiger partial charge in [-0.1, -0.05) is 31.9 Å². The summed E-state index contributed by atoms with van der Waals surface area (Å²) >= 11 is 6.05. The summed E-state index contributed by atoms with van der Waals surface area (Å²) < 4.78 is 5.64. The molecule has 1 atom stereocenters. The topological polar surface area (TPSA) is 50.4 Å². The highest BCUT2D eigenvalue weighted by Gasteiger charge is 2.13. The van der Waals surface area contributed by atoms with Gasteiger partial charge in [0.1, 0.15) is 5.75 Å². The second-order valence-corrected chi connectivity index (χ2v) is 5.39. The highest BCUT2D eigenvalue weighted by Crippen LogP contribution is 2.28. The molecular formula is C16H25ClN2O2. The van der Waals surface area contributed by atoms with Crippen molar-refractivity contribution in [2.75, 3.05) is 19.7 Å². The summed E-state index contributed by atoms with van der Waals surface area (Å²) in [5, 5.41) is 6.81. The van der Waals surface area contributed by atoms with Gasteiger partial charge >= 0.3 is 0 Å². The van der Waals surface area contributed by atoms with Crippen LogP contribution in [0.5, 0.6) is 5.75 Å². The first kappa shape index (κ1) is 17.8. The van der Waals surface area contributed by atoms with Crippen molar-refractivity contribution >= 4 is 17.5 Å². The Morgan fingerprint density at radius 2 is 2.14 bits per heavy atom. The van der Waals surface area contributed by atoms with E-state index in [2.05, 4.69) is 17.6 Å². The van der Waals surface area contributed by atoms with E-state index in [0.29, 0.717) is 17.3 Å². The number of halogens is 1. The molecule has 0 aliphatic rings. The van der Waals surface area contributed by atoms with Crippen LogP contribution in [-0.4, -0.2) is 25.6 Å². The fraction of sp³-hybridized carbons (Fsp3) is 0.562. The third-order valence-corrected chi connectivity index (χ3v) is 3.40. The number of ether oxygens (including phenoxy) is 1. The van der Waals surface area contributed by atoms with Crippen LogP contribution in [0.3, 0.4) is 0 Å². The third-order valence-electron chi connectivity index (χ3n) is 3.16. The van der Waals surface area contributed by atoms with Crippen LogP contribution in [0.15, 0.2) is 18.2 Å². The summed E-state index contributed by atoms with van der Waals surface area (Å²) in [7, 11) is 0. The van der Waals surface area contributed by atoms with Gasteiger partial charge in [0, 0.05) is 23.2 Å². The summed E-state index contributed by atoms with van der Waals surface area (Å²) in [5.41, 5.74) is 0.964. The maximum absolute atomic E-state index is 11.7. The van der Waals surface area contributed by atoms with Gasteiger partial charge < -0.3 is 15.4 Å². The van der Waals surface area contributed by atoms with Crippen LogP contribution >= 0.6 is 11.6 Å². The zero-order valence-electron chi connectivity index (χ0n) is 13.0. The number of benzene rings is 1. The van der Waals surface area contributed by atoms with E-state index in [4.69, 9.17) is 16.3 Å². The summed E-state index contributed by atoms with van der Waals surface area (Å²) in [6.07, 6.45) is 2.04. The molecule has 0 aliphatic heterocycles. The van der Waals surface area contributed by atoms with E-state index >= 15 is 0 Å². The fourth-order valence-corrected chi connectivity index (χ4v) is 2.18. The molecule has 0 fully saturated rings. The summed E-state index contributed by atoms with van der Waals surface area (Å²) in [5.74, 6) is 0.596. The van der Waals surface area contributed by atoms with Gasteiger partial charge in [-0.3, -0.25) is 4.79 Å². The van der Waals surface area contributed by atoms with Crippen LogP contribution in [0, 0.1) is 0 Å². The first-order valence-electron chi connectivity index (χ1n) is 7.50. The maximum atomic E-state index is 11.7. The van der Waals surface area contributed by atoms with E-state index in [1.54, 1.807) is 6.07 Å². The van der Waals surface area contributed by atoms with E-state index in [-0.39, 0.29) is 18.6 Å². The van der Waals surface area contributed by atoms with E-state index in [9.17, 15) is 4.79 Å². The third kappa shape index (κ3) is 6.36. The Bertz CT molecular complexity index is 452. The molecule has 0 heterocycles. The van der Waals surface area contributed by atoms with Gasteiger partial charge in [-0.15, -0.1) is 0 Å². The van der Waals surface area contributed by atoms with E-state index < -0.39 is 0 Å². The summed E-state index contributed by atoms with van der Waals surface area (Å²) in [4.78, 5) is 11.7. The van der Waals surface area contributed by atoms with E-state index in [1.807, 2.05) is 26.0 Å². The normalized spacial score (nSPS) is 12.0. The number of hydrogen-bond acceptors (Lipinski definition) is 3. The van der Waals surface area contributed by atoms with Crippen molar-refractivity contribution in [3.05, 3.63) is 28.8 Å². The van der Waals surface area contributed by atoms with Gasteiger partial charge in [0.15, 0.2) is 6.61 Å². The minimum atomic E-state index is -0.0968. The summed E-state index contributed by atoms with van der Waals surface area (Å²) in [6, 6.07) is 5.57. The molecule has 1 amide bonds. The highest BCUT2D eigenvalue weighted by molar-refractivity contribution is 6.30. The monoisotopic (exact) mass is 312 g/mol. The number of hydrogen-bond donors (Lipinski definition) is 2. The van der Waals surface area contributed by atoms with Crippen LogP contribution < -0.4 is 15.4 Å². The molecule has 2 N–H and O–H groups in total. The van der Waals surface area contributed by atoms with Crippen LogP contribution in [0.2, 0.25) is 5.02 Å². The van der Waals surface area contributed by atoms with Crippen molar-refractivity contribution in [2.24, 2.45) is 0 Å². The first-order valence-corrected chi connectivity index (χ1v) is 7.88. The number of unbranched alkanes of at least 4 members (excludes halogenated alkanes) is 1. The fourth-order valence-electron chi connectivity index (χ4n) is 2.00. The lowest BCUT2D eigenvalue weighted by Gasteiger charge is -2.18. The number of carbonyl (C=O) groups is 1. The molecule has 0 spiro atoms. The highest BCUT2D eigenvalue weighted by atomic mass is 35.5. The second-order valence-electron chi connectivity index (χ2n) is 4.95. The largest absolute Gasteiger partial charge is 0.483 e. The van der Waals surface area contributed by atoms with Gasteiger partial charge in [0.05, 0.1) is 0 Å². The molecule has 5 heteroatoms. The van der Waals surface area contributed by atoms with Crippen LogP contribution in [0.4, 0.5) is 0 Å². The molecule has 0 saturated heterocycles. The van der Waals surface area contributed by atoms with Crippen molar-refractivity contribution in [1.29, 1.82) is 0 Å². The molecular weight excluding hydrogens is 288 g/mol. The molecule has 0 aromatic heterocycles.